The number of carbonyl (C=O) groups excluding carboxylic acids is 1. The fourth-order valence-electron chi connectivity index (χ4n) is 2.52. The van der Waals surface area contributed by atoms with Crippen LogP contribution in [0.4, 0.5) is 0 Å². The summed E-state index contributed by atoms with van der Waals surface area (Å²) in [6.07, 6.45) is 0. The molecular formula is C19H16N4O2S. The second-order valence-electron chi connectivity index (χ2n) is 5.68. The normalized spacial score (nSPS) is 10.8. The number of amides is 1. The number of fused-ring (bicyclic) bond motifs is 1. The Labute approximate surface area is 153 Å². The maximum atomic E-state index is 12.3. The van der Waals surface area contributed by atoms with E-state index in [1.807, 2.05) is 29.6 Å². The van der Waals surface area contributed by atoms with Gasteiger partial charge in [-0.15, -0.1) is 11.3 Å². The molecule has 0 fully saturated rings. The van der Waals surface area contributed by atoms with Crippen LogP contribution in [0.25, 0.3) is 11.0 Å². The van der Waals surface area contributed by atoms with Crippen LogP contribution < -0.4 is 10.1 Å². The van der Waals surface area contributed by atoms with Crippen molar-refractivity contribution in [1.29, 1.82) is 0 Å². The number of benzene rings is 2. The van der Waals surface area contributed by atoms with Gasteiger partial charge in [0.25, 0.3) is 5.91 Å². The van der Waals surface area contributed by atoms with Crippen molar-refractivity contribution in [2.45, 2.75) is 13.2 Å². The third-order valence-corrected chi connectivity index (χ3v) is 4.48. The summed E-state index contributed by atoms with van der Waals surface area (Å²) < 4.78 is 5.65. The van der Waals surface area contributed by atoms with Gasteiger partial charge in [0.15, 0.2) is 0 Å². The zero-order chi connectivity index (χ0) is 17.8. The van der Waals surface area contributed by atoms with Crippen LogP contribution in [-0.2, 0) is 13.2 Å². The number of thiazole rings is 1. The Balaban J connectivity index is 1.33. The van der Waals surface area contributed by atoms with E-state index in [0.717, 1.165) is 22.6 Å². The first-order chi connectivity index (χ1) is 12.8. The summed E-state index contributed by atoms with van der Waals surface area (Å²) in [4.78, 5) is 24.1. The molecular weight excluding hydrogens is 348 g/mol. The molecule has 2 heterocycles. The number of rotatable bonds is 6. The predicted octanol–water partition coefficient (Wildman–Crippen LogP) is 3.53. The number of para-hydroxylation sites is 2. The molecule has 0 aliphatic rings. The lowest BCUT2D eigenvalue weighted by atomic mass is 10.2. The van der Waals surface area contributed by atoms with E-state index >= 15 is 0 Å². The zero-order valence-corrected chi connectivity index (χ0v) is 14.6. The van der Waals surface area contributed by atoms with Gasteiger partial charge in [-0.25, -0.2) is 9.97 Å². The number of H-pyrrole nitrogens is 1. The minimum absolute atomic E-state index is 0.156. The zero-order valence-electron chi connectivity index (χ0n) is 13.8. The third kappa shape index (κ3) is 3.73. The Morgan fingerprint density at radius 2 is 2.00 bits per heavy atom. The first-order valence-electron chi connectivity index (χ1n) is 8.10. The Morgan fingerprint density at radius 1 is 1.15 bits per heavy atom. The van der Waals surface area contributed by atoms with Crippen LogP contribution in [0.5, 0.6) is 5.75 Å². The van der Waals surface area contributed by atoms with Gasteiger partial charge in [0.05, 0.1) is 28.8 Å². The van der Waals surface area contributed by atoms with Crippen LogP contribution in [0.3, 0.4) is 0 Å². The molecule has 4 rings (SSSR count). The largest absolute Gasteiger partial charge is 0.487 e. The highest BCUT2D eigenvalue weighted by Crippen LogP contribution is 2.15. The number of nitrogens with one attached hydrogen (secondary N) is 2. The van der Waals surface area contributed by atoms with E-state index < -0.39 is 0 Å². The molecule has 1 amide bonds. The molecule has 6 nitrogen and oxygen atoms in total. The van der Waals surface area contributed by atoms with E-state index in [-0.39, 0.29) is 5.91 Å². The van der Waals surface area contributed by atoms with Gasteiger partial charge in [-0.3, -0.25) is 4.79 Å². The topological polar surface area (TPSA) is 79.9 Å². The number of nitrogens with zero attached hydrogens (tertiary/aromatic N) is 2. The minimum Gasteiger partial charge on any atom is -0.487 e. The van der Waals surface area contributed by atoms with Crippen molar-refractivity contribution in [2.75, 3.05) is 0 Å². The van der Waals surface area contributed by atoms with E-state index in [1.165, 1.54) is 11.3 Å². The molecule has 0 aliphatic heterocycles. The van der Waals surface area contributed by atoms with Crippen molar-refractivity contribution >= 4 is 28.3 Å². The number of aromatic amines is 1. The Hall–Kier alpha value is -3.19. The second-order valence-corrected chi connectivity index (χ2v) is 6.39. The predicted molar refractivity (Wildman–Crippen MR) is 100 cm³/mol. The molecule has 0 bridgehead atoms. The van der Waals surface area contributed by atoms with Crippen molar-refractivity contribution in [2.24, 2.45) is 0 Å². The monoisotopic (exact) mass is 364 g/mol. The van der Waals surface area contributed by atoms with E-state index in [4.69, 9.17) is 4.74 Å². The summed E-state index contributed by atoms with van der Waals surface area (Å²) >= 11 is 1.53. The summed E-state index contributed by atoms with van der Waals surface area (Å²) in [5.41, 5.74) is 5.08. The van der Waals surface area contributed by atoms with Crippen molar-refractivity contribution in [3.8, 4) is 5.75 Å². The van der Waals surface area contributed by atoms with Gasteiger partial charge in [-0.1, -0.05) is 12.1 Å². The molecule has 4 aromatic rings. The van der Waals surface area contributed by atoms with Crippen LogP contribution in [-0.4, -0.2) is 20.9 Å². The number of hydrogen-bond acceptors (Lipinski definition) is 5. The van der Waals surface area contributed by atoms with Gasteiger partial charge >= 0.3 is 0 Å². The summed E-state index contributed by atoms with van der Waals surface area (Å²) in [7, 11) is 0. The SMILES string of the molecule is O=C(NCc1nc2ccccc2[nH]1)c1ccc(OCc2cscn2)cc1. The summed E-state index contributed by atoms with van der Waals surface area (Å²) in [6.45, 7) is 0.761. The number of ether oxygens (including phenoxy) is 1. The smallest absolute Gasteiger partial charge is 0.251 e. The number of hydrogen-bond donors (Lipinski definition) is 2. The third-order valence-electron chi connectivity index (χ3n) is 3.84. The van der Waals surface area contributed by atoms with Crippen LogP contribution in [0.2, 0.25) is 0 Å². The van der Waals surface area contributed by atoms with Crippen molar-refractivity contribution < 1.29 is 9.53 Å². The highest BCUT2D eigenvalue weighted by Gasteiger charge is 2.08. The average molecular weight is 364 g/mol. The maximum Gasteiger partial charge on any atom is 0.251 e. The maximum absolute atomic E-state index is 12.3. The van der Waals surface area contributed by atoms with Gasteiger partial charge in [0.2, 0.25) is 0 Å². The molecule has 26 heavy (non-hydrogen) atoms. The van der Waals surface area contributed by atoms with Crippen molar-refractivity contribution in [3.63, 3.8) is 0 Å². The van der Waals surface area contributed by atoms with E-state index in [1.54, 1.807) is 29.8 Å². The standard InChI is InChI=1S/C19H16N4O2S/c24-19(20-9-18-22-16-3-1-2-4-17(16)23-18)13-5-7-15(8-6-13)25-10-14-11-26-12-21-14/h1-8,11-12H,9-10H2,(H,20,24)(H,22,23). The molecule has 2 aromatic carbocycles. The molecule has 2 aromatic heterocycles. The summed E-state index contributed by atoms with van der Waals surface area (Å²) in [5, 5.41) is 4.81. The minimum atomic E-state index is -0.156. The van der Waals surface area contributed by atoms with Crippen LogP contribution in [0, 0.1) is 0 Å². The molecule has 0 spiro atoms. The molecule has 7 heteroatoms. The molecule has 0 saturated heterocycles. The Kier molecular flexibility index (Phi) is 4.61. The van der Waals surface area contributed by atoms with Gasteiger partial charge in [-0.05, 0) is 36.4 Å². The Morgan fingerprint density at radius 3 is 2.77 bits per heavy atom. The Bertz CT molecular complexity index is 977. The van der Waals surface area contributed by atoms with E-state index in [0.29, 0.717) is 24.5 Å². The molecule has 0 unspecified atom stereocenters. The molecule has 0 atom stereocenters. The molecule has 130 valence electrons. The van der Waals surface area contributed by atoms with E-state index in [2.05, 4.69) is 20.3 Å². The van der Waals surface area contributed by atoms with Gasteiger partial charge < -0.3 is 15.0 Å². The quantitative estimate of drug-likeness (QED) is 0.548. The lowest BCUT2D eigenvalue weighted by molar-refractivity contribution is 0.0950. The van der Waals surface area contributed by atoms with Crippen LogP contribution in [0.1, 0.15) is 21.9 Å². The van der Waals surface area contributed by atoms with Crippen LogP contribution in [0.15, 0.2) is 59.4 Å². The van der Waals surface area contributed by atoms with Crippen molar-refractivity contribution in [3.05, 3.63) is 76.5 Å². The first-order valence-corrected chi connectivity index (χ1v) is 9.04. The summed E-state index contributed by atoms with van der Waals surface area (Å²) in [5.74, 6) is 1.27. The number of imidazole rings is 1. The van der Waals surface area contributed by atoms with Crippen LogP contribution >= 0.6 is 11.3 Å². The highest BCUT2D eigenvalue weighted by molar-refractivity contribution is 7.07. The highest BCUT2D eigenvalue weighted by atomic mass is 32.1. The lowest BCUT2D eigenvalue weighted by Gasteiger charge is -2.06. The number of carbonyl (C=O) groups is 1. The molecule has 2 N–H and O–H groups in total. The summed E-state index contributed by atoms with van der Waals surface area (Å²) in [6, 6.07) is 14.8. The van der Waals surface area contributed by atoms with Gasteiger partial charge in [0, 0.05) is 10.9 Å². The first kappa shape index (κ1) is 16.3. The number of aromatic nitrogens is 3. The van der Waals surface area contributed by atoms with Crippen molar-refractivity contribution in [1.82, 2.24) is 20.3 Å². The molecule has 0 radical (unpaired) electrons. The van der Waals surface area contributed by atoms with Gasteiger partial charge in [0.1, 0.15) is 18.2 Å². The molecule has 0 aliphatic carbocycles. The fourth-order valence-corrected chi connectivity index (χ4v) is 3.07. The fraction of sp³-hybridized carbons (Fsp3) is 0.105. The van der Waals surface area contributed by atoms with E-state index in [9.17, 15) is 4.79 Å². The lowest BCUT2D eigenvalue weighted by Crippen LogP contribution is -2.23. The van der Waals surface area contributed by atoms with Gasteiger partial charge in [-0.2, -0.15) is 0 Å². The average Bonchev–Trinajstić information content (AvgIpc) is 3.34. The second kappa shape index (κ2) is 7.37. The molecule has 0 saturated carbocycles.